The lowest BCUT2D eigenvalue weighted by Crippen LogP contribution is -2.37. The molecule has 1 aliphatic heterocycles. The maximum atomic E-state index is 5.55. The highest BCUT2D eigenvalue weighted by atomic mass is 15.1. The van der Waals surface area contributed by atoms with Crippen molar-refractivity contribution >= 4 is 11.8 Å². The molecule has 0 N–H and O–H groups in total. The van der Waals surface area contributed by atoms with Gasteiger partial charge < -0.3 is 4.90 Å². The first-order valence-electron chi connectivity index (χ1n) is 9.65. The average molecular weight is 354 g/mol. The summed E-state index contributed by atoms with van der Waals surface area (Å²) in [6.45, 7) is 8.42. The molecule has 0 aromatic heterocycles. The van der Waals surface area contributed by atoms with Crippen LogP contribution in [0.2, 0.25) is 0 Å². The smallest absolute Gasteiger partial charge is 0.0791 e. The van der Waals surface area contributed by atoms with Crippen molar-refractivity contribution in [2.75, 3.05) is 18.0 Å². The molecule has 0 saturated carbocycles. The van der Waals surface area contributed by atoms with Crippen molar-refractivity contribution in [1.82, 2.24) is 0 Å². The Labute approximate surface area is 164 Å². The Bertz CT molecular complexity index is 927. The van der Waals surface area contributed by atoms with Crippen LogP contribution in [-0.2, 0) is 5.41 Å². The van der Waals surface area contributed by atoms with E-state index in [9.17, 15) is 0 Å². The molecule has 0 aliphatic carbocycles. The molecular weight excluding hydrogens is 326 g/mol. The molecule has 1 aliphatic rings. The van der Waals surface area contributed by atoms with Gasteiger partial charge in [0, 0.05) is 23.4 Å². The van der Waals surface area contributed by atoms with Crippen LogP contribution in [0.4, 0.5) is 5.69 Å². The number of allylic oxidation sites excluding steroid dienone is 1. The zero-order chi connectivity index (χ0) is 19.3. The summed E-state index contributed by atoms with van der Waals surface area (Å²) in [7, 11) is 0. The molecule has 1 heterocycles. The van der Waals surface area contributed by atoms with E-state index >= 15 is 0 Å². The molecule has 1 heteroatoms. The van der Waals surface area contributed by atoms with Gasteiger partial charge in [0.05, 0.1) is 6.54 Å². The third-order valence-corrected chi connectivity index (χ3v) is 5.16. The molecule has 0 fully saturated rings. The molecule has 0 unspecified atom stereocenters. The average Bonchev–Trinajstić information content (AvgIpc) is 2.68. The molecule has 2 aromatic carbocycles. The lowest BCUT2D eigenvalue weighted by atomic mass is 9.77. The molecule has 0 atom stereocenters. The Morgan fingerprint density at radius 2 is 1.78 bits per heavy atom. The lowest BCUT2D eigenvalue weighted by Gasteiger charge is -2.39. The van der Waals surface area contributed by atoms with Gasteiger partial charge >= 0.3 is 0 Å². The number of anilines is 1. The van der Waals surface area contributed by atoms with E-state index < -0.39 is 0 Å². The number of benzene rings is 2. The van der Waals surface area contributed by atoms with Crippen molar-refractivity contribution in [3.05, 3.63) is 70.8 Å². The SMILES string of the molecule is C#CCN1CCC(C)(C)c2cc(C#Cc3ccc(/C=C/CC)cc3)ccc21. The second-order valence-electron chi connectivity index (χ2n) is 7.67. The Hall–Kier alpha value is -2.90. The van der Waals surface area contributed by atoms with Gasteiger partial charge in [-0.2, -0.15) is 0 Å². The van der Waals surface area contributed by atoms with Crippen molar-refractivity contribution in [2.45, 2.75) is 39.0 Å². The largest absolute Gasteiger partial charge is 0.360 e. The Kier molecular flexibility index (Phi) is 5.73. The zero-order valence-electron chi connectivity index (χ0n) is 16.5. The Morgan fingerprint density at radius 1 is 1.07 bits per heavy atom. The van der Waals surface area contributed by atoms with Gasteiger partial charge in [0.1, 0.15) is 0 Å². The van der Waals surface area contributed by atoms with Crippen molar-refractivity contribution in [1.29, 1.82) is 0 Å². The van der Waals surface area contributed by atoms with Gasteiger partial charge in [-0.15, -0.1) is 6.42 Å². The number of hydrogen-bond donors (Lipinski definition) is 0. The van der Waals surface area contributed by atoms with Crippen molar-refractivity contribution < 1.29 is 0 Å². The van der Waals surface area contributed by atoms with E-state index in [1.54, 1.807) is 0 Å². The highest BCUT2D eigenvalue weighted by Crippen LogP contribution is 2.39. The van der Waals surface area contributed by atoms with Crippen LogP contribution in [-0.4, -0.2) is 13.1 Å². The van der Waals surface area contributed by atoms with Crippen LogP contribution in [0.5, 0.6) is 0 Å². The van der Waals surface area contributed by atoms with E-state index in [1.807, 2.05) is 0 Å². The molecule has 136 valence electrons. The minimum absolute atomic E-state index is 0.144. The fraction of sp³-hybridized carbons (Fsp3) is 0.308. The molecule has 3 rings (SSSR count). The van der Waals surface area contributed by atoms with Gasteiger partial charge in [0.15, 0.2) is 0 Å². The zero-order valence-corrected chi connectivity index (χ0v) is 16.5. The first kappa shape index (κ1) is 18.9. The highest BCUT2D eigenvalue weighted by molar-refractivity contribution is 5.62. The number of fused-ring (bicyclic) bond motifs is 1. The van der Waals surface area contributed by atoms with Crippen LogP contribution in [0.3, 0.4) is 0 Å². The van der Waals surface area contributed by atoms with Gasteiger partial charge in [-0.1, -0.05) is 62.8 Å². The number of terminal acetylenes is 1. The summed E-state index contributed by atoms with van der Waals surface area (Å²) in [4.78, 5) is 2.29. The summed E-state index contributed by atoms with van der Waals surface area (Å²) >= 11 is 0. The minimum Gasteiger partial charge on any atom is -0.360 e. The number of rotatable bonds is 3. The Morgan fingerprint density at radius 3 is 2.48 bits per heavy atom. The van der Waals surface area contributed by atoms with Crippen LogP contribution >= 0.6 is 0 Å². The van der Waals surface area contributed by atoms with E-state index in [2.05, 4.69) is 98.0 Å². The van der Waals surface area contributed by atoms with Gasteiger partial charge in [-0.3, -0.25) is 0 Å². The quantitative estimate of drug-likeness (QED) is 0.646. The van der Waals surface area contributed by atoms with Crippen molar-refractivity contribution in [3.8, 4) is 24.2 Å². The summed E-state index contributed by atoms with van der Waals surface area (Å²) in [5.74, 6) is 9.40. The third-order valence-electron chi connectivity index (χ3n) is 5.16. The minimum atomic E-state index is 0.144. The molecule has 0 bridgehead atoms. The standard InChI is InChI=1S/C26H27N/c1-5-7-8-21-9-11-22(12-10-21)13-14-23-15-16-25-24(20-23)26(3,4)17-19-27(25)18-6-2/h2,7-12,15-16,20H,5,17-19H2,1,3-4H3/b8-7+. The summed E-state index contributed by atoms with van der Waals surface area (Å²) in [5, 5.41) is 0. The normalized spacial score (nSPS) is 15.0. The van der Waals surface area contributed by atoms with Gasteiger partial charge in [-0.25, -0.2) is 0 Å². The highest BCUT2D eigenvalue weighted by Gasteiger charge is 2.30. The van der Waals surface area contributed by atoms with E-state index in [0.29, 0.717) is 6.54 Å². The molecule has 0 saturated heterocycles. The molecular formula is C26H27N. The molecule has 0 amide bonds. The summed E-state index contributed by atoms with van der Waals surface area (Å²) < 4.78 is 0. The Balaban J connectivity index is 1.86. The fourth-order valence-corrected chi connectivity index (χ4v) is 3.45. The van der Waals surface area contributed by atoms with E-state index in [0.717, 1.165) is 30.5 Å². The molecule has 27 heavy (non-hydrogen) atoms. The van der Waals surface area contributed by atoms with E-state index in [4.69, 9.17) is 6.42 Å². The first-order chi connectivity index (χ1) is 13.0. The van der Waals surface area contributed by atoms with Crippen LogP contribution in [0.1, 0.15) is 55.9 Å². The van der Waals surface area contributed by atoms with Crippen LogP contribution in [0.25, 0.3) is 6.08 Å². The molecule has 1 nitrogen and oxygen atoms in total. The monoisotopic (exact) mass is 353 g/mol. The van der Waals surface area contributed by atoms with E-state index in [1.165, 1.54) is 16.8 Å². The fourth-order valence-electron chi connectivity index (χ4n) is 3.45. The third kappa shape index (κ3) is 4.45. The summed E-state index contributed by atoms with van der Waals surface area (Å²) in [6, 6.07) is 14.9. The maximum absolute atomic E-state index is 5.55. The molecule has 2 aromatic rings. The van der Waals surface area contributed by atoms with Gasteiger partial charge in [0.25, 0.3) is 0 Å². The lowest BCUT2D eigenvalue weighted by molar-refractivity contribution is 0.459. The first-order valence-corrected chi connectivity index (χ1v) is 9.65. The maximum Gasteiger partial charge on any atom is 0.0791 e. The van der Waals surface area contributed by atoms with Crippen LogP contribution in [0, 0.1) is 24.2 Å². The predicted octanol–water partition coefficient (Wildman–Crippen LogP) is 5.63. The number of hydrogen-bond acceptors (Lipinski definition) is 1. The van der Waals surface area contributed by atoms with Gasteiger partial charge in [-0.05, 0) is 59.7 Å². The van der Waals surface area contributed by atoms with Crippen molar-refractivity contribution in [2.24, 2.45) is 0 Å². The summed E-state index contributed by atoms with van der Waals surface area (Å²) in [5.41, 5.74) is 6.05. The number of nitrogens with zero attached hydrogens (tertiary/aromatic N) is 1. The second kappa shape index (κ2) is 8.20. The van der Waals surface area contributed by atoms with Crippen LogP contribution in [0.15, 0.2) is 48.5 Å². The summed E-state index contributed by atoms with van der Waals surface area (Å²) in [6.07, 6.45) is 12.0. The molecule has 0 spiro atoms. The predicted molar refractivity (Wildman–Crippen MR) is 117 cm³/mol. The van der Waals surface area contributed by atoms with Gasteiger partial charge in [0.2, 0.25) is 0 Å². The topological polar surface area (TPSA) is 3.24 Å². The van der Waals surface area contributed by atoms with Crippen molar-refractivity contribution in [3.63, 3.8) is 0 Å². The molecule has 0 radical (unpaired) electrons. The van der Waals surface area contributed by atoms with Crippen LogP contribution < -0.4 is 4.90 Å². The van der Waals surface area contributed by atoms with E-state index in [-0.39, 0.29) is 5.41 Å². The second-order valence-corrected chi connectivity index (χ2v) is 7.67.